The summed E-state index contributed by atoms with van der Waals surface area (Å²) in [7, 11) is 1.50. The molecule has 1 N–H and O–H groups in total. The summed E-state index contributed by atoms with van der Waals surface area (Å²) in [6, 6.07) is 4.53. The van der Waals surface area contributed by atoms with Crippen molar-refractivity contribution in [3.63, 3.8) is 0 Å². The van der Waals surface area contributed by atoms with Crippen molar-refractivity contribution >= 4 is 18.0 Å². The highest BCUT2D eigenvalue weighted by molar-refractivity contribution is 5.89. The van der Waals surface area contributed by atoms with E-state index in [1.807, 2.05) is 0 Å². The third kappa shape index (κ3) is 4.46. The van der Waals surface area contributed by atoms with Crippen LogP contribution in [0.25, 0.3) is 6.08 Å². The lowest BCUT2D eigenvalue weighted by atomic mass is 10.1. The molecule has 0 atom stereocenters. The second kappa shape index (κ2) is 7.20. The van der Waals surface area contributed by atoms with Gasteiger partial charge in [0.05, 0.1) is 25.7 Å². The van der Waals surface area contributed by atoms with E-state index in [9.17, 15) is 9.59 Å². The highest BCUT2D eigenvalue weighted by atomic mass is 16.5. The van der Waals surface area contributed by atoms with E-state index in [2.05, 4.69) is 0 Å². The van der Waals surface area contributed by atoms with Gasteiger partial charge >= 0.3 is 11.9 Å². The number of methoxy groups -OCH3 is 1. The zero-order chi connectivity index (χ0) is 14.3. The monoisotopic (exact) mass is 264 g/mol. The maximum atomic E-state index is 11.2. The van der Waals surface area contributed by atoms with Crippen molar-refractivity contribution in [3.05, 3.63) is 35.4 Å². The lowest BCUT2D eigenvalue weighted by molar-refractivity contribution is -0.142. The Morgan fingerprint density at radius 1 is 1.37 bits per heavy atom. The molecule has 1 rings (SSSR count). The number of benzene rings is 1. The molecule has 5 heteroatoms. The lowest BCUT2D eigenvalue weighted by Gasteiger charge is -2.05. The minimum atomic E-state index is -1.01. The van der Waals surface area contributed by atoms with E-state index in [-0.39, 0.29) is 18.0 Å². The number of ether oxygens (including phenoxy) is 2. The SMILES string of the molecule is CCOC(=O)CC=Cc1cc(C(=O)O)ccc1OC. The summed E-state index contributed by atoms with van der Waals surface area (Å²) in [5.41, 5.74) is 0.767. The average molecular weight is 264 g/mol. The minimum Gasteiger partial charge on any atom is -0.496 e. The fraction of sp³-hybridized carbons (Fsp3) is 0.286. The topological polar surface area (TPSA) is 72.8 Å². The Hall–Kier alpha value is -2.30. The van der Waals surface area contributed by atoms with Crippen molar-refractivity contribution in [3.8, 4) is 5.75 Å². The van der Waals surface area contributed by atoms with Crippen molar-refractivity contribution in [2.75, 3.05) is 13.7 Å². The summed E-state index contributed by atoms with van der Waals surface area (Å²) < 4.78 is 9.91. The summed E-state index contributed by atoms with van der Waals surface area (Å²) in [4.78, 5) is 22.0. The molecule has 0 saturated heterocycles. The molecule has 1 aromatic carbocycles. The molecule has 0 bridgehead atoms. The van der Waals surface area contributed by atoms with Crippen molar-refractivity contribution in [2.24, 2.45) is 0 Å². The first-order valence-corrected chi connectivity index (χ1v) is 5.82. The molecular formula is C14H16O5. The van der Waals surface area contributed by atoms with E-state index in [4.69, 9.17) is 14.6 Å². The van der Waals surface area contributed by atoms with E-state index in [1.165, 1.54) is 19.2 Å². The number of carbonyl (C=O) groups excluding carboxylic acids is 1. The molecule has 0 amide bonds. The number of hydrogen-bond donors (Lipinski definition) is 1. The van der Waals surface area contributed by atoms with Crippen LogP contribution in [0.2, 0.25) is 0 Å². The van der Waals surface area contributed by atoms with Gasteiger partial charge in [-0.25, -0.2) is 4.79 Å². The van der Waals surface area contributed by atoms with Crippen molar-refractivity contribution in [1.82, 2.24) is 0 Å². The molecule has 0 aliphatic heterocycles. The number of hydrogen-bond acceptors (Lipinski definition) is 4. The van der Waals surface area contributed by atoms with E-state index in [0.29, 0.717) is 17.9 Å². The van der Waals surface area contributed by atoms with Gasteiger partial charge in [-0.2, -0.15) is 0 Å². The van der Waals surface area contributed by atoms with Crippen LogP contribution < -0.4 is 4.74 Å². The molecule has 5 nitrogen and oxygen atoms in total. The number of aromatic carboxylic acids is 1. The Balaban J connectivity index is 2.85. The number of carboxylic acids is 1. The van der Waals surface area contributed by atoms with Gasteiger partial charge < -0.3 is 14.6 Å². The molecule has 19 heavy (non-hydrogen) atoms. The molecule has 102 valence electrons. The van der Waals surface area contributed by atoms with Gasteiger partial charge in [0, 0.05) is 5.56 Å². The zero-order valence-electron chi connectivity index (χ0n) is 10.9. The number of carboxylic acid groups (broad SMARTS) is 1. The minimum absolute atomic E-state index is 0.133. The molecule has 0 spiro atoms. The first-order chi connectivity index (χ1) is 9.08. The molecule has 0 saturated carbocycles. The maximum Gasteiger partial charge on any atom is 0.335 e. The van der Waals surface area contributed by atoms with Crippen LogP contribution in [0.3, 0.4) is 0 Å². The molecule has 0 heterocycles. The molecule has 0 unspecified atom stereocenters. The summed E-state index contributed by atoms with van der Waals surface area (Å²) in [6.07, 6.45) is 3.39. The molecule has 0 aliphatic carbocycles. The van der Waals surface area contributed by atoms with Gasteiger partial charge in [0.25, 0.3) is 0 Å². The smallest absolute Gasteiger partial charge is 0.335 e. The Morgan fingerprint density at radius 2 is 2.11 bits per heavy atom. The third-order valence-corrected chi connectivity index (χ3v) is 2.36. The Morgan fingerprint density at radius 3 is 2.68 bits per heavy atom. The number of carbonyl (C=O) groups is 2. The predicted molar refractivity (Wildman–Crippen MR) is 70.2 cm³/mol. The standard InChI is InChI=1S/C14H16O5/c1-3-19-13(15)6-4-5-10-9-11(14(16)17)7-8-12(10)18-2/h4-5,7-9H,3,6H2,1-2H3,(H,16,17). The molecule has 1 aromatic rings. The van der Waals surface area contributed by atoms with Gasteiger partial charge in [-0.3, -0.25) is 4.79 Å². The lowest BCUT2D eigenvalue weighted by Crippen LogP contribution is -2.01. The molecule has 0 aliphatic rings. The molecule has 0 radical (unpaired) electrons. The largest absolute Gasteiger partial charge is 0.496 e. The second-order valence-electron chi connectivity index (χ2n) is 3.67. The molecule has 0 fully saturated rings. The Kier molecular flexibility index (Phi) is 5.60. The molecule has 0 aromatic heterocycles. The summed E-state index contributed by atoms with van der Waals surface area (Å²) in [6.45, 7) is 2.07. The predicted octanol–water partition coefficient (Wildman–Crippen LogP) is 2.36. The zero-order valence-corrected chi connectivity index (χ0v) is 10.9. The molecular weight excluding hydrogens is 248 g/mol. The van der Waals surface area contributed by atoms with Crippen LogP contribution in [0.1, 0.15) is 29.3 Å². The van der Waals surface area contributed by atoms with Crippen LogP contribution in [0, 0.1) is 0 Å². The summed E-state index contributed by atoms with van der Waals surface area (Å²) in [5, 5.41) is 8.92. The van der Waals surface area contributed by atoms with Gasteiger partial charge in [0.2, 0.25) is 0 Å². The Labute approximate surface area is 111 Å². The van der Waals surface area contributed by atoms with Gasteiger partial charge in [0.15, 0.2) is 0 Å². The number of esters is 1. The maximum absolute atomic E-state index is 11.2. The first kappa shape index (κ1) is 14.8. The van der Waals surface area contributed by atoms with Crippen molar-refractivity contribution in [1.29, 1.82) is 0 Å². The van der Waals surface area contributed by atoms with Gasteiger partial charge in [0.1, 0.15) is 5.75 Å². The third-order valence-electron chi connectivity index (χ3n) is 2.36. The van der Waals surface area contributed by atoms with E-state index in [0.717, 1.165) is 0 Å². The fourth-order valence-corrected chi connectivity index (χ4v) is 1.50. The number of rotatable bonds is 6. The van der Waals surface area contributed by atoms with Crippen LogP contribution in [0.15, 0.2) is 24.3 Å². The van der Waals surface area contributed by atoms with Crippen LogP contribution >= 0.6 is 0 Å². The quantitative estimate of drug-likeness (QED) is 0.798. The summed E-state index contributed by atoms with van der Waals surface area (Å²) in [5.74, 6) is -0.792. The van der Waals surface area contributed by atoms with Gasteiger partial charge in [-0.1, -0.05) is 12.2 Å². The highest BCUT2D eigenvalue weighted by Gasteiger charge is 2.07. The second-order valence-corrected chi connectivity index (χ2v) is 3.67. The summed E-state index contributed by atoms with van der Waals surface area (Å²) >= 11 is 0. The van der Waals surface area contributed by atoms with Crippen LogP contribution in [0.4, 0.5) is 0 Å². The van der Waals surface area contributed by atoms with Crippen LogP contribution in [-0.2, 0) is 9.53 Å². The normalized spacial score (nSPS) is 10.4. The van der Waals surface area contributed by atoms with E-state index in [1.54, 1.807) is 25.1 Å². The van der Waals surface area contributed by atoms with E-state index < -0.39 is 5.97 Å². The van der Waals surface area contributed by atoms with Crippen molar-refractivity contribution < 1.29 is 24.2 Å². The fourth-order valence-electron chi connectivity index (χ4n) is 1.50. The van der Waals surface area contributed by atoms with Crippen LogP contribution in [-0.4, -0.2) is 30.8 Å². The highest BCUT2D eigenvalue weighted by Crippen LogP contribution is 2.21. The van der Waals surface area contributed by atoms with Gasteiger partial charge in [-0.05, 0) is 25.1 Å². The van der Waals surface area contributed by atoms with E-state index >= 15 is 0 Å². The Bertz CT molecular complexity index is 491. The van der Waals surface area contributed by atoms with Gasteiger partial charge in [-0.15, -0.1) is 0 Å². The van der Waals surface area contributed by atoms with Crippen molar-refractivity contribution in [2.45, 2.75) is 13.3 Å². The first-order valence-electron chi connectivity index (χ1n) is 5.82. The van der Waals surface area contributed by atoms with Crippen LogP contribution in [0.5, 0.6) is 5.75 Å². The average Bonchev–Trinajstić information content (AvgIpc) is 2.38.